The average molecular weight is 239 g/mol. The third-order valence-electron chi connectivity index (χ3n) is 4.04. The molecule has 2 aliphatic carbocycles. The Morgan fingerprint density at radius 2 is 1.75 bits per heavy atom. The maximum Gasteiger partial charge on any atom is 0.130 e. The van der Waals surface area contributed by atoms with Crippen LogP contribution in [0.4, 0.5) is 0 Å². The smallest absolute Gasteiger partial charge is 0.130 e. The van der Waals surface area contributed by atoms with Gasteiger partial charge < -0.3 is 0 Å². The molecule has 0 radical (unpaired) electrons. The molecule has 1 aromatic rings. The molecule has 1 aromatic heterocycles. The van der Waals surface area contributed by atoms with Crippen LogP contribution < -0.4 is 0 Å². The molecule has 88 valence electrons. The van der Waals surface area contributed by atoms with Crippen molar-refractivity contribution < 1.29 is 0 Å². The maximum atomic E-state index is 6.46. The van der Waals surface area contributed by atoms with Crippen molar-refractivity contribution in [3.05, 3.63) is 16.4 Å². The highest BCUT2D eigenvalue weighted by Crippen LogP contribution is 2.34. The Balaban J connectivity index is 1.88. The third kappa shape index (κ3) is 1.77. The van der Waals surface area contributed by atoms with Crippen LogP contribution in [0.1, 0.15) is 62.2 Å². The van der Waals surface area contributed by atoms with E-state index in [9.17, 15) is 0 Å². The van der Waals surface area contributed by atoms with E-state index in [0.717, 1.165) is 18.0 Å². The van der Waals surface area contributed by atoms with Crippen molar-refractivity contribution in [2.45, 2.75) is 63.8 Å². The van der Waals surface area contributed by atoms with E-state index in [1.807, 2.05) is 0 Å². The molecule has 0 spiro atoms. The summed E-state index contributed by atoms with van der Waals surface area (Å²) in [7, 11) is 0. The fourth-order valence-electron chi connectivity index (χ4n) is 3.12. The second-order valence-corrected chi connectivity index (χ2v) is 5.52. The number of aryl methyl sites for hydroxylation is 1. The minimum Gasteiger partial charge on any atom is -0.250 e. The van der Waals surface area contributed by atoms with Crippen LogP contribution in [0.3, 0.4) is 0 Å². The first kappa shape index (κ1) is 10.6. The molecule has 3 heteroatoms. The summed E-state index contributed by atoms with van der Waals surface area (Å²) in [6, 6.07) is 0.570. The molecule has 0 saturated heterocycles. The number of hydrogen-bond donors (Lipinski definition) is 0. The van der Waals surface area contributed by atoms with E-state index in [2.05, 4.69) is 4.68 Å². The van der Waals surface area contributed by atoms with Crippen molar-refractivity contribution in [1.82, 2.24) is 9.78 Å². The molecular formula is C13H19ClN2. The zero-order valence-corrected chi connectivity index (χ0v) is 10.5. The molecule has 0 aliphatic heterocycles. The van der Waals surface area contributed by atoms with Crippen molar-refractivity contribution >= 4 is 11.6 Å². The predicted molar refractivity (Wildman–Crippen MR) is 66.0 cm³/mol. The van der Waals surface area contributed by atoms with Crippen LogP contribution in [-0.2, 0) is 12.8 Å². The SMILES string of the molecule is Clc1c2c(nn1C1CCCCCC1)CCC2. The standard InChI is InChI=1S/C13H19ClN2/c14-13-11-8-5-9-12(11)15-16(13)10-6-3-1-2-4-7-10/h10H,1-9H2. The van der Waals surface area contributed by atoms with Crippen LogP contribution in [0.5, 0.6) is 0 Å². The summed E-state index contributed by atoms with van der Waals surface area (Å²) >= 11 is 6.46. The Bertz CT molecular complexity index is 376. The second-order valence-electron chi connectivity index (χ2n) is 5.16. The lowest BCUT2D eigenvalue weighted by atomic mass is 10.1. The molecular weight excluding hydrogens is 220 g/mol. The molecule has 1 fully saturated rings. The molecule has 0 amide bonds. The second kappa shape index (κ2) is 4.40. The van der Waals surface area contributed by atoms with Crippen molar-refractivity contribution in [3.63, 3.8) is 0 Å². The Morgan fingerprint density at radius 3 is 2.44 bits per heavy atom. The van der Waals surface area contributed by atoms with Crippen molar-refractivity contribution in [2.24, 2.45) is 0 Å². The lowest BCUT2D eigenvalue weighted by Gasteiger charge is -2.16. The minimum atomic E-state index is 0.570. The molecule has 0 aromatic carbocycles. The van der Waals surface area contributed by atoms with Gasteiger partial charge in [0.15, 0.2) is 0 Å². The Kier molecular flexibility index (Phi) is 2.93. The maximum absolute atomic E-state index is 6.46. The van der Waals surface area contributed by atoms with Crippen molar-refractivity contribution in [2.75, 3.05) is 0 Å². The van der Waals surface area contributed by atoms with Crippen LogP contribution in [0.15, 0.2) is 0 Å². The first-order valence-electron chi connectivity index (χ1n) is 6.62. The highest BCUT2D eigenvalue weighted by Gasteiger charge is 2.25. The zero-order chi connectivity index (χ0) is 11.0. The Morgan fingerprint density at radius 1 is 1.00 bits per heavy atom. The number of hydrogen-bond acceptors (Lipinski definition) is 1. The molecule has 16 heavy (non-hydrogen) atoms. The van der Waals surface area contributed by atoms with E-state index in [-0.39, 0.29) is 0 Å². The summed E-state index contributed by atoms with van der Waals surface area (Å²) in [5.74, 6) is 0. The fourth-order valence-corrected chi connectivity index (χ4v) is 3.50. The quantitative estimate of drug-likeness (QED) is 0.678. The minimum absolute atomic E-state index is 0.570. The van der Waals surface area contributed by atoms with Crippen molar-refractivity contribution in [3.8, 4) is 0 Å². The van der Waals surface area contributed by atoms with E-state index in [1.165, 1.54) is 56.2 Å². The van der Waals surface area contributed by atoms with E-state index >= 15 is 0 Å². The van der Waals surface area contributed by atoms with Gasteiger partial charge in [0.2, 0.25) is 0 Å². The number of nitrogens with zero attached hydrogens (tertiary/aromatic N) is 2. The van der Waals surface area contributed by atoms with Gasteiger partial charge in [0.25, 0.3) is 0 Å². The highest BCUT2D eigenvalue weighted by atomic mass is 35.5. The lowest BCUT2D eigenvalue weighted by molar-refractivity contribution is 0.402. The van der Waals surface area contributed by atoms with Crippen LogP contribution in [0, 0.1) is 0 Å². The van der Waals surface area contributed by atoms with Gasteiger partial charge in [-0.1, -0.05) is 37.3 Å². The average Bonchev–Trinajstić information content (AvgIpc) is 2.74. The molecule has 0 bridgehead atoms. The predicted octanol–water partition coefficient (Wildman–Crippen LogP) is 3.92. The fraction of sp³-hybridized carbons (Fsp3) is 0.769. The largest absolute Gasteiger partial charge is 0.250 e. The zero-order valence-electron chi connectivity index (χ0n) is 9.71. The van der Waals surface area contributed by atoms with Crippen LogP contribution in [0.25, 0.3) is 0 Å². The monoisotopic (exact) mass is 238 g/mol. The van der Waals surface area contributed by atoms with E-state index in [0.29, 0.717) is 6.04 Å². The molecule has 0 atom stereocenters. The summed E-state index contributed by atoms with van der Waals surface area (Å²) in [5, 5.41) is 5.68. The third-order valence-corrected chi connectivity index (χ3v) is 4.44. The van der Waals surface area contributed by atoms with Gasteiger partial charge in [0.1, 0.15) is 5.15 Å². The number of halogens is 1. The summed E-state index contributed by atoms with van der Waals surface area (Å²) in [6.07, 6.45) is 11.5. The molecule has 0 unspecified atom stereocenters. The first-order chi connectivity index (χ1) is 7.86. The normalized spacial score (nSPS) is 22.1. The number of aromatic nitrogens is 2. The molecule has 3 rings (SSSR count). The Hall–Kier alpha value is -0.500. The molecule has 1 saturated carbocycles. The number of rotatable bonds is 1. The molecule has 0 N–H and O–H groups in total. The van der Waals surface area contributed by atoms with Gasteiger partial charge in [-0.2, -0.15) is 5.10 Å². The van der Waals surface area contributed by atoms with E-state index in [1.54, 1.807) is 0 Å². The summed E-state index contributed by atoms with van der Waals surface area (Å²) in [5.41, 5.74) is 2.61. The van der Waals surface area contributed by atoms with Crippen LogP contribution in [0.2, 0.25) is 5.15 Å². The van der Waals surface area contributed by atoms with Crippen molar-refractivity contribution in [1.29, 1.82) is 0 Å². The summed E-state index contributed by atoms with van der Waals surface area (Å²) < 4.78 is 2.14. The van der Waals surface area contributed by atoms with Gasteiger partial charge in [-0.25, -0.2) is 0 Å². The van der Waals surface area contributed by atoms with Gasteiger partial charge >= 0.3 is 0 Å². The van der Waals surface area contributed by atoms with Gasteiger partial charge in [0, 0.05) is 5.56 Å². The Labute approximate surface area is 102 Å². The van der Waals surface area contributed by atoms with E-state index < -0.39 is 0 Å². The molecule has 1 heterocycles. The van der Waals surface area contributed by atoms with Gasteiger partial charge in [-0.15, -0.1) is 0 Å². The summed E-state index contributed by atoms with van der Waals surface area (Å²) in [6.45, 7) is 0. The first-order valence-corrected chi connectivity index (χ1v) is 7.00. The lowest BCUT2D eigenvalue weighted by Crippen LogP contribution is -2.10. The number of fused-ring (bicyclic) bond motifs is 1. The topological polar surface area (TPSA) is 17.8 Å². The van der Waals surface area contributed by atoms with Gasteiger partial charge in [-0.05, 0) is 32.1 Å². The van der Waals surface area contributed by atoms with E-state index in [4.69, 9.17) is 16.7 Å². The highest BCUT2D eigenvalue weighted by molar-refractivity contribution is 6.30. The van der Waals surface area contributed by atoms with Gasteiger partial charge in [-0.3, -0.25) is 4.68 Å². The molecule has 2 aliphatic rings. The van der Waals surface area contributed by atoms with Gasteiger partial charge in [0.05, 0.1) is 11.7 Å². The molecule has 2 nitrogen and oxygen atoms in total. The summed E-state index contributed by atoms with van der Waals surface area (Å²) in [4.78, 5) is 0. The van der Waals surface area contributed by atoms with Crippen LogP contribution >= 0.6 is 11.6 Å². The van der Waals surface area contributed by atoms with Crippen LogP contribution in [-0.4, -0.2) is 9.78 Å².